The maximum Gasteiger partial charge on any atom is 0.183 e. The van der Waals surface area contributed by atoms with Crippen LogP contribution < -0.4 is 5.32 Å². The highest BCUT2D eigenvalue weighted by atomic mass is 32.1. The number of aromatic nitrogens is 1. The van der Waals surface area contributed by atoms with Gasteiger partial charge in [-0.1, -0.05) is 53.8 Å². The number of nitrogens with one attached hydrogen (secondary N) is 1. The fraction of sp³-hybridized carbons (Fsp3) is 0.267. The second-order valence-electron chi connectivity index (χ2n) is 4.33. The third-order valence-corrected chi connectivity index (χ3v) is 3.44. The smallest absolute Gasteiger partial charge is 0.183 e. The van der Waals surface area contributed by atoms with Gasteiger partial charge in [-0.25, -0.2) is 4.98 Å². The molecule has 0 amide bonds. The molecule has 0 aliphatic heterocycles. The molecule has 2 aromatic rings. The zero-order valence-corrected chi connectivity index (χ0v) is 11.9. The van der Waals surface area contributed by atoms with E-state index in [-0.39, 0.29) is 0 Å². The summed E-state index contributed by atoms with van der Waals surface area (Å²) in [6.45, 7) is 7.79. The van der Waals surface area contributed by atoms with Gasteiger partial charge in [0.1, 0.15) is 0 Å². The number of benzene rings is 1. The molecule has 0 spiro atoms. The maximum absolute atomic E-state index is 5.42. The van der Waals surface area contributed by atoms with Crippen LogP contribution in [0.15, 0.2) is 48.7 Å². The number of thiazole rings is 1. The molecule has 0 aliphatic rings. The van der Waals surface area contributed by atoms with Gasteiger partial charge in [0.15, 0.2) is 5.13 Å². The summed E-state index contributed by atoms with van der Waals surface area (Å²) in [4.78, 5) is 5.53. The largest absolute Gasteiger partial charge is 0.375 e. The molecule has 0 unspecified atom stereocenters. The third-order valence-electron chi connectivity index (χ3n) is 2.44. The lowest BCUT2D eigenvalue weighted by atomic mass is 10.2. The van der Waals surface area contributed by atoms with Gasteiger partial charge in [0.25, 0.3) is 0 Å². The molecule has 1 heterocycles. The topological polar surface area (TPSA) is 34.1 Å². The molecular weight excluding hydrogens is 256 g/mol. The van der Waals surface area contributed by atoms with E-state index in [2.05, 4.69) is 29.0 Å². The Bertz CT molecular complexity index is 522. The normalized spacial score (nSPS) is 10.4. The van der Waals surface area contributed by atoms with Crippen LogP contribution in [-0.4, -0.2) is 24.7 Å². The predicted octanol–water partition coefficient (Wildman–Crippen LogP) is 3.81. The molecule has 0 radical (unpaired) electrons. The molecule has 1 aromatic carbocycles. The molecule has 1 N–H and O–H groups in total. The quantitative estimate of drug-likeness (QED) is 0.615. The molecule has 0 atom stereocenters. The van der Waals surface area contributed by atoms with Crippen LogP contribution >= 0.6 is 11.3 Å². The van der Waals surface area contributed by atoms with Crippen LogP contribution in [0.4, 0.5) is 5.13 Å². The maximum atomic E-state index is 5.42. The van der Waals surface area contributed by atoms with Gasteiger partial charge < -0.3 is 10.1 Å². The lowest BCUT2D eigenvalue weighted by molar-refractivity contribution is 0.167. The van der Waals surface area contributed by atoms with Crippen LogP contribution in [0.2, 0.25) is 0 Å². The van der Waals surface area contributed by atoms with E-state index in [0.29, 0.717) is 13.2 Å². The van der Waals surface area contributed by atoms with Gasteiger partial charge in [-0.3, -0.25) is 0 Å². The van der Waals surface area contributed by atoms with Crippen molar-refractivity contribution >= 4 is 16.5 Å². The van der Waals surface area contributed by atoms with Crippen LogP contribution in [0.5, 0.6) is 0 Å². The Morgan fingerprint density at radius 2 is 2.16 bits per heavy atom. The average Bonchev–Trinajstić information content (AvgIpc) is 2.88. The summed E-state index contributed by atoms with van der Waals surface area (Å²) in [5, 5.41) is 4.19. The van der Waals surface area contributed by atoms with Crippen molar-refractivity contribution in [3.05, 3.63) is 48.7 Å². The predicted molar refractivity (Wildman–Crippen MR) is 81.7 cm³/mol. The fourth-order valence-electron chi connectivity index (χ4n) is 1.57. The summed E-state index contributed by atoms with van der Waals surface area (Å²) in [6, 6.07) is 10.3. The van der Waals surface area contributed by atoms with Crippen LogP contribution in [0.25, 0.3) is 10.4 Å². The molecule has 3 nitrogen and oxygen atoms in total. The summed E-state index contributed by atoms with van der Waals surface area (Å²) in [7, 11) is 0. The molecule has 19 heavy (non-hydrogen) atoms. The third kappa shape index (κ3) is 4.50. The standard InChI is InChI=1S/C15H18N2OS/c1-12(2)11-18-9-8-16-15-17-10-14(19-15)13-6-4-3-5-7-13/h3-7,10H,1,8-9,11H2,2H3,(H,16,17). The van der Waals surface area contributed by atoms with Gasteiger partial charge in [0, 0.05) is 12.7 Å². The van der Waals surface area contributed by atoms with Crippen molar-refractivity contribution in [2.24, 2.45) is 0 Å². The first-order valence-electron chi connectivity index (χ1n) is 6.23. The van der Waals surface area contributed by atoms with E-state index >= 15 is 0 Å². The summed E-state index contributed by atoms with van der Waals surface area (Å²) in [5.41, 5.74) is 2.24. The SMILES string of the molecule is C=C(C)COCCNc1ncc(-c2ccccc2)s1. The molecule has 0 saturated carbocycles. The highest BCUT2D eigenvalue weighted by Crippen LogP contribution is 2.28. The van der Waals surface area contributed by atoms with E-state index < -0.39 is 0 Å². The van der Waals surface area contributed by atoms with Gasteiger partial charge in [0.2, 0.25) is 0 Å². The van der Waals surface area contributed by atoms with Crippen molar-refractivity contribution in [2.75, 3.05) is 25.1 Å². The lowest BCUT2D eigenvalue weighted by Gasteiger charge is -2.04. The molecule has 4 heteroatoms. The average molecular weight is 274 g/mol. The summed E-state index contributed by atoms with van der Waals surface area (Å²) in [6.07, 6.45) is 1.90. The van der Waals surface area contributed by atoms with Crippen molar-refractivity contribution in [3.8, 4) is 10.4 Å². The van der Waals surface area contributed by atoms with E-state index in [1.807, 2.05) is 31.3 Å². The number of rotatable bonds is 7. The molecule has 2 rings (SSSR count). The van der Waals surface area contributed by atoms with Crippen LogP contribution in [-0.2, 0) is 4.74 Å². The molecular formula is C15H18N2OS. The number of hydrogen-bond donors (Lipinski definition) is 1. The van der Waals surface area contributed by atoms with E-state index in [9.17, 15) is 0 Å². The number of hydrogen-bond acceptors (Lipinski definition) is 4. The van der Waals surface area contributed by atoms with E-state index in [0.717, 1.165) is 17.2 Å². The Balaban J connectivity index is 1.80. The van der Waals surface area contributed by atoms with Crippen LogP contribution in [0.1, 0.15) is 6.92 Å². The zero-order valence-electron chi connectivity index (χ0n) is 11.1. The first-order valence-corrected chi connectivity index (χ1v) is 7.04. The minimum absolute atomic E-state index is 0.620. The van der Waals surface area contributed by atoms with E-state index in [1.165, 1.54) is 10.4 Å². The Morgan fingerprint density at radius 1 is 1.37 bits per heavy atom. The molecule has 100 valence electrons. The molecule has 0 fully saturated rings. The van der Waals surface area contributed by atoms with E-state index in [4.69, 9.17) is 4.74 Å². The first kappa shape index (κ1) is 13.8. The van der Waals surface area contributed by atoms with Crippen LogP contribution in [0.3, 0.4) is 0 Å². The second-order valence-corrected chi connectivity index (χ2v) is 5.36. The number of anilines is 1. The van der Waals surface area contributed by atoms with Gasteiger partial charge in [-0.2, -0.15) is 0 Å². The Kier molecular flexibility index (Phi) is 5.12. The van der Waals surface area contributed by atoms with Crippen molar-refractivity contribution in [1.29, 1.82) is 0 Å². The van der Waals surface area contributed by atoms with Gasteiger partial charge in [-0.05, 0) is 12.5 Å². The minimum Gasteiger partial charge on any atom is -0.375 e. The molecule has 0 saturated heterocycles. The van der Waals surface area contributed by atoms with Crippen molar-refractivity contribution in [3.63, 3.8) is 0 Å². The Morgan fingerprint density at radius 3 is 2.89 bits per heavy atom. The highest BCUT2D eigenvalue weighted by molar-refractivity contribution is 7.18. The lowest BCUT2D eigenvalue weighted by Crippen LogP contribution is -2.09. The van der Waals surface area contributed by atoms with Gasteiger partial charge in [-0.15, -0.1) is 0 Å². The number of ether oxygens (including phenoxy) is 1. The first-order chi connectivity index (χ1) is 9.25. The van der Waals surface area contributed by atoms with Crippen LogP contribution in [0, 0.1) is 0 Å². The Labute approximate surface area is 118 Å². The van der Waals surface area contributed by atoms with Crippen molar-refractivity contribution in [2.45, 2.75) is 6.92 Å². The Hall–Kier alpha value is -1.65. The molecule has 1 aromatic heterocycles. The summed E-state index contributed by atoms with van der Waals surface area (Å²) >= 11 is 1.65. The van der Waals surface area contributed by atoms with Gasteiger partial charge in [0.05, 0.1) is 18.1 Å². The second kappa shape index (κ2) is 7.07. The zero-order chi connectivity index (χ0) is 13.5. The minimum atomic E-state index is 0.620. The van der Waals surface area contributed by atoms with Crippen molar-refractivity contribution < 1.29 is 4.74 Å². The highest BCUT2D eigenvalue weighted by Gasteiger charge is 2.03. The van der Waals surface area contributed by atoms with E-state index in [1.54, 1.807) is 11.3 Å². The molecule has 0 bridgehead atoms. The monoisotopic (exact) mass is 274 g/mol. The van der Waals surface area contributed by atoms with Gasteiger partial charge >= 0.3 is 0 Å². The summed E-state index contributed by atoms with van der Waals surface area (Å²) < 4.78 is 5.42. The molecule has 0 aliphatic carbocycles. The number of nitrogens with zero attached hydrogens (tertiary/aromatic N) is 1. The summed E-state index contributed by atoms with van der Waals surface area (Å²) in [5.74, 6) is 0. The fourth-order valence-corrected chi connectivity index (χ4v) is 2.42. The van der Waals surface area contributed by atoms with Crippen molar-refractivity contribution in [1.82, 2.24) is 4.98 Å².